The molecule has 0 radical (unpaired) electrons. The second kappa shape index (κ2) is 6.87. The molecule has 1 aliphatic heterocycles. The Hall–Kier alpha value is -3.15. The lowest BCUT2D eigenvalue weighted by atomic mass is 9.76. The highest BCUT2D eigenvalue weighted by atomic mass is 16.6. The summed E-state index contributed by atoms with van der Waals surface area (Å²) in [5, 5.41) is 15.0. The standard InChI is InChI=1S/C21H20N2O4/c1-2-27-21(24)13-10-11-18-17(12-13)14-7-5-8-15(14)20(22-18)16-6-3-4-9-19(16)23(25)26/h3-7,9-12,14-15,20,22H,2,8H2,1H3/t14-,15-,20-/m0/s1. The van der Waals surface area contributed by atoms with Gasteiger partial charge in [-0.1, -0.05) is 30.4 Å². The average Bonchev–Trinajstić information content (AvgIpc) is 3.17. The maximum atomic E-state index is 12.1. The van der Waals surface area contributed by atoms with Crippen LogP contribution < -0.4 is 5.32 Å². The van der Waals surface area contributed by atoms with Gasteiger partial charge in [-0.3, -0.25) is 10.1 Å². The quantitative estimate of drug-likeness (QED) is 0.371. The van der Waals surface area contributed by atoms with Gasteiger partial charge < -0.3 is 10.1 Å². The van der Waals surface area contributed by atoms with Crippen molar-refractivity contribution in [1.82, 2.24) is 0 Å². The molecule has 0 saturated heterocycles. The number of carbonyl (C=O) groups is 1. The summed E-state index contributed by atoms with van der Waals surface area (Å²) >= 11 is 0. The Kier molecular flexibility index (Phi) is 4.39. The molecule has 0 fully saturated rings. The lowest BCUT2D eigenvalue weighted by Gasteiger charge is -2.37. The first-order valence-corrected chi connectivity index (χ1v) is 9.07. The van der Waals surface area contributed by atoms with E-state index in [1.165, 1.54) is 0 Å². The number of para-hydroxylation sites is 1. The molecule has 0 unspecified atom stereocenters. The van der Waals surface area contributed by atoms with Gasteiger partial charge in [0.05, 0.1) is 28.7 Å². The largest absolute Gasteiger partial charge is 0.462 e. The fourth-order valence-electron chi connectivity index (χ4n) is 4.16. The minimum Gasteiger partial charge on any atom is -0.462 e. The van der Waals surface area contributed by atoms with E-state index in [-0.39, 0.29) is 34.5 Å². The van der Waals surface area contributed by atoms with Crippen molar-refractivity contribution in [3.05, 3.63) is 81.4 Å². The Morgan fingerprint density at radius 3 is 2.85 bits per heavy atom. The van der Waals surface area contributed by atoms with Crippen LogP contribution >= 0.6 is 0 Å². The van der Waals surface area contributed by atoms with Crippen LogP contribution in [0.15, 0.2) is 54.6 Å². The summed E-state index contributed by atoms with van der Waals surface area (Å²) in [4.78, 5) is 23.3. The highest BCUT2D eigenvalue weighted by Gasteiger charge is 2.40. The first-order chi connectivity index (χ1) is 13.1. The predicted octanol–water partition coefficient (Wildman–Crippen LogP) is 4.60. The first kappa shape index (κ1) is 17.3. The van der Waals surface area contributed by atoms with Crippen molar-refractivity contribution >= 4 is 17.3 Å². The second-order valence-electron chi connectivity index (χ2n) is 6.81. The number of hydrogen-bond donors (Lipinski definition) is 1. The fraction of sp³-hybridized carbons (Fsp3) is 0.286. The summed E-state index contributed by atoms with van der Waals surface area (Å²) in [6, 6.07) is 12.2. The van der Waals surface area contributed by atoms with Gasteiger partial charge in [0.25, 0.3) is 5.69 Å². The fourth-order valence-corrected chi connectivity index (χ4v) is 4.16. The van der Waals surface area contributed by atoms with E-state index in [9.17, 15) is 14.9 Å². The predicted molar refractivity (Wildman–Crippen MR) is 102 cm³/mol. The SMILES string of the molecule is CCOC(=O)c1ccc2c(c1)[C@H]1C=CC[C@@H]1[C@@H](c1ccccc1[N+](=O)[O-])N2. The number of allylic oxidation sites excluding steroid dienone is 2. The molecule has 1 aliphatic carbocycles. The summed E-state index contributed by atoms with van der Waals surface area (Å²) in [5.41, 5.74) is 3.29. The second-order valence-corrected chi connectivity index (χ2v) is 6.81. The van der Waals surface area contributed by atoms with Crippen LogP contribution in [0, 0.1) is 16.0 Å². The number of benzene rings is 2. The zero-order valence-electron chi connectivity index (χ0n) is 14.9. The molecule has 138 valence electrons. The molecule has 2 aromatic carbocycles. The van der Waals surface area contributed by atoms with E-state index in [1.54, 1.807) is 25.1 Å². The van der Waals surface area contributed by atoms with Crippen molar-refractivity contribution in [3.8, 4) is 0 Å². The van der Waals surface area contributed by atoms with Crippen LogP contribution in [0.1, 0.15) is 46.8 Å². The third-order valence-electron chi connectivity index (χ3n) is 5.34. The van der Waals surface area contributed by atoms with Crippen molar-refractivity contribution in [2.45, 2.75) is 25.3 Å². The van der Waals surface area contributed by atoms with Crippen molar-refractivity contribution in [2.24, 2.45) is 5.92 Å². The molecule has 0 saturated carbocycles. The monoisotopic (exact) mass is 364 g/mol. The molecule has 2 aliphatic rings. The molecule has 1 heterocycles. The number of esters is 1. The molecule has 3 atom stereocenters. The number of rotatable bonds is 4. The first-order valence-electron chi connectivity index (χ1n) is 9.07. The number of anilines is 1. The van der Waals surface area contributed by atoms with E-state index in [1.807, 2.05) is 24.3 Å². The van der Waals surface area contributed by atoms with Gasteiger partial charge in [-0.2, -0.15) is 0 Å². The van der Waals surface area contributed by atoms with E-state index < -0.39 is 0 Å². The van der Waals surface area contributed by atoms with E-state index in [4.69, 9.17) is 4.74 Å². The molecule has 4 rings (SSSR count). The lowest BCUT2D eigenvalue weighted by Crippen LogP contribution is -2.29. The molecule has 27 heavy (non-hydrogen) atoms. The molecule has 0 aromatic heterocycles. The van der Waals surface area contributed by atoms with Crippen LogP contribution in [0.4, 0.5) is 11.4 Å². The Bertz CT molecular complexity index is 938. The molecule has 0 bridgehead atoms. The van der Waals surface area contributed by atoms with Crippen molar-refractivity contribution < 1.29 is 14.5 Å². The summed E-state index contributed by atoms with van der Waals surface area (Å²) in [5.74, 6) is -0.0591. The lowest BCUT2D eigenvalue weighted by molar-refractivity contribution is -0.385. The van der Waals surface area contributed by atoms with Crippen molar-refractivity contribution in [2.75, 3.05) is 11.9 Å². The maximum Gasteiger partial charge on any atom is 0.338 e. The van der Waals surface area contributed by atoms with Gasteiger partial charge >= 0.3 is 5.97 Å². The van der Waals surface area contributed by atoms with Crippen LogP contribution in [0.25, 0.3) is 0 Å². The van der Waals surface area contributed by atoms with Crippen LogP contribution in [-0.4, -0.2) is 17.5 Å². The minimum atomic E-state index is -0.334. The summed E-state index contributed by atoms with van der Waals surface area (Å²) < 4.78 is 5.11. The minimum absolute atomic E-state index is 0.112. The highest BCUT2D eigenvalue weighted by molar-refractivity contribution is 5.90. The Labute approximate surface area is 157 Å². The molecular weight excluding hydrogens is 344 g/mol. The van der Waals surface area contributed by atoms with Gasteiger partial charge in [-0.25, -0.2) is 4.79 Å². The van der Waals surface area contributed by atoms with E-state index in [2.05, 4.69) is 17.5 Å². The van der Waals surface area contributed by atoms with Crippen LogP contribution in [-0.2, 0) is 4.74 Å². The van der Waals surface area contributed by atoms with Crippen LogP contribution in [0.3, 0.4) is 0 Å². The van der Waals surface area contributed by atoms with Gasteiger partial charge in [0, 0.05) is 17.7 Å². The number of nitro groups is 1. The summed E-state index contributed by atoms with van der Waals surface area (Å²) in [6.45, 7) is 2.12. The van der Waals surface area contributed by atoms with Gasteiger partial charge in [0.2, 0.25) is 0 Å². The molecule has 2 aromatic rings. The Morgan fingerprint density at radius 1 is 1.26 bits per heavy atom. The van der Waals surface area contributed by atoms with E-state index in [0.717, 1.165) is 17.7 Å². The number of carbonyl (C=O) groups excluding carboxylic acids is 1. The number of fused-ring (bicyclic) bond motifs is 3. The molecule has 1 N–H and O–H groups in total. The zero-order valence-corrected chi connectivity index (χ0v) is 14.9. The van der Waals surface area contributed by atoms with Gasteiger partial charge in [-0.05, 0) is 43.0 Å². The number of ether oxygens (including phenoxy) is 1. The third-order valence-corrected chi connectivity index (χ3v) is 5.34. The molecule has 6 heteroatoms. The molecule has 0 amide bonds. The number of hydrogen-bond acceptors (Lipinski definition) is 5. The van der Waals surface area contributed by atoms with Gasteiger partial charge in [-0.15, -0.1) is 0 Å². The molecule has 6 nitrogen and oxygen atoms in total. The van der Waals surface area contributed by atoms with E-state index >= 15 is 0 Å². The van der Waals surface area contributed by atoms with Crippen molar-refractivity contribution in [3.63, 3.8) is 0 Å². The average molecular weight is 364 g/mol. The van der Waals surface area contributed by atoms with Crippen LogP contribution in [0.2, 0.25) is 0 Å². The van der Waals surface area contributed by atoms with Gasteiger partial charge in [0.1, 0.15) is 0 Å². The third kappa shape index (κ3) is 2.97. The topological polar surface area (TPSA) is 81.5 Å². The number of nitro benzene ring substituents is 1. The number of nitrogens with zero attached hydrogens (tertiary/aromatic N) is 1. The molecule has 0 spiro atoms. The Balaban J connectivity index is 1.75. The highest BCUT2D eigenvalue weighted by Crippen LogP contribution is 2.51. The smallest absolute Gasteiger partial charge is 0.338 e. The van der Waals surface area contributed by atoms with Crippen molar-refractivity contribution in [1.29, 1.82) is 0 Å². The summed E-state index contributed by atoms with van der Waals surface area (Å²) in [7, 11) is 0. The van der Waals surface area contributed by atoms with E-state index in [0.29, 0.717) is 17.7 Å². The normalized spacial score (nSPS) is 22.5. The van der Waals surface area contributed by atoms with Crippen LogP contribution in [0.5, 0.6) is 0 Å². The maximum absolute atomic E-state index is 12.1. The Morgan fingerprint density at radius 2 is 2.07 bits per heavy atom. The summed E-state index contributed by atoms with van der Waals surface area (Å²) in [6.07, 6.45) is 5.09. The number of nitrogens with one attached hydrogen (secondary N) is 1. The molecular formula is C21H20N2O4. The zero-order chi connectivity index (χ0) is 19.0. The van der Waals surface area contributed by atoms with Gasteiger partial charge in [0.15, 0.2) is 0 Å².